The Hall–Kier alpha value is -2.49. The van der Waals surface area contributed by atoms with Crippen LogP contribution in [-0.2, 0) is 4.79 Å². The van der Waals surface area contributed by atoms with Crippen LogP contribution in [0.3, 0.4) is 0 Å². The Morgan fingerprint density at radius 2 is 1.95 bits per heavy atom. The van der Waals surface area contributed by atoms with E-state index in [1.165, 1.54) is 0 Å². The van der Waals surface area contributed by atoms with E-state index in [0.717, 1.165) is 17.0 Å². The van der Waals surface area contributed by atoms with Crippen molar-refractivity contribution in [2.24, 2.45) is 5.92 Å². The molecule has 2 aromatic rings. The topological polar surface area (TPSA) is 64.3 Å². The molecule has 4 nitrogen and oxygen atoms in total. The molecule has 0 saturated carbocycles. The third-order valence-electron chi connectivity index (χ3n) is 3.53. The number of hydrogen-bond acceptors (Lipinski definition) is 3. The van der Waals surface area contributed by atoms with Gasteiger partial charge in [-0.1, -0.05) is 31.2 Å². The van der Waals surface area contributed by atoms with Crippen molar-refractivity contribution in [2.45, 2.75) is 20.3 Å². The number of hydrogen-bond donors (Lipinski definition) is 2. The van der Waals surface area contributed by atoms with E-state index in [9.17, 15) is 4.79 Å². The summed E-state index contributed by atoms with van der Waals surface area (Å²) in [4.78, 5) is 12.2. The van der Waals surface area contributed by atoms with Crippen LogP contribution < -0.4 is 15.8 Å². The molecule has 0 fully saturated rings. The van der Waals surface area contributed by atoms with Crippen LogP contribution in [0.2, 0.25) is 0 Å². The molecule has 116 valence electrons. The van der Waals surface area contributed by atoms with Crippen LogP contribution in [0.4, 0.5) is 11.4 Å². The van der Waals surface area contributed by atoms with E-state index in [1.807, 2.05) is 56.3 Å². The Kier molecular flexibility index (Phi) is 5.42. The number of nitrogens with two attached hydrogens (primary N) is 1. The summed E-state index contributed by atoms with van der Waals surface area (Å²) in [6, 6.07) is 15.1. The van der Waals surface area contributed by atoms with Gasteiger partial charge < -0.3 is 15.8 Å². The van der Waals surface area contributed by atoms with Gasteiger partial charge in [0.05, 0.1) is 6.61 Å². The average molecular weight is 298 g/mol. The predicted molar refractivity (Wildman–Crippen MR) is 89.9 cm³/mol. The molecule has 0 aromatic heterocycles. The lowest BCUT2D eigenvalue weighted by Crippen LogP contribution is -2.22. The maximum atomic E-state index is 12.2. The molecule has 4 heteroatoms. The number of anilines is 2. The van der Waals surface area contributed by atoms with E-state index in [4.69, 9.17) is 10.5 Å². The molecule has 2 aromatic carbocycles. The fourth-order valence-electron chi connectivity index (χ4n) is 2.03. The monoisotopic (exact) mass is 298 g/mol. The van der Waals surface area contributed by atoms with Crippen molar-refractivity contribution in [3.63, 3.8) is 0 Å². The number of rotatable bonds is 6. The van der Waals surface area contributed by atoms with Gasteiger partial charge in [-0.25, -0.2) is 0 Å². The quantitative estimate of drug-likeness (QED) is 0.801. The smallest absolute Gasteiger partial charge is 0.227 e. The summed E-state index contributed by atoms with van der Waals surface area (Å²) in [5, 5.41) is 2.92. The second kappa shape index (κ2) is 7.50. The number of amides is 1. The van der Waals surface area contributed by atoms with Crippen molar-refractivity contribution in [1.29, 1.82) is 0 Å². The lowest BCUT2D eigenvalue weighted by atomic mass is 10.1. The minimum absolute atomic E-state index is 0.0228. The summed E-state index contributed by atoms with van der Waals surface area (Å²) in [5.74, 6) is 0.664. The number of nitrogen functional groups attached to an aromatic ring is 1. The van der Waals surface area contributed by atoms with Gasteiger partial charge in [-0.15, -0.1) is 0 Å². The zero-order valence-electron chi connectivity index (χ0n) is 13.0. The van der Waals surface area contributed by atoms with Crippen molar-refractivity contribution < 1.29 is 9.53 Å². The lowest BCUT2D eigenvalue weighted by molar-refractivity contribution is -0.119. The van der Waals surface area contributed by atoms with Crippen LogP contribution in [0.1, 0.15) is 18.9 Å². The zero-order valence-corrected chi connectivity index (χ0v) is 13.0. The number of para-hydroxylation sites is 1. The lowest BCUT2D eigenvalue weighted by Gasteiger charge is -2.14. The fourth-order valence-corrected chi connectivity index (χ4v) is 2.03. The molecule has 22 heavy (non-hydrogen) atoms. The molecule has 1 unspecified atom stereocenters. The molecule has 1 amide bonds. The van der Waals surface area contributed by atoms with Crippen LogP contribution in [0, 0.1) is 12.8 Å². The van der Waals surface area contributed by atoms with Gasteiger partial charge in [0.1, 0.15) is 5.75 Å². The van der Waals surface area contributed by atoms with Gasteiger partial charge in [-0.3, -0.25) is 4.79 Å². The van der Waals surface area contributed by atoms with E-state index in [-0.39, 0.29) is 11.8 Å². The van der Waals surface area contributed by atoms with E-state index >= 15 is 0 Å². The first kappa shape index (κ1) is 15.9. The van der Waals surface area contributed by atoms with Crippen molar-refractivity contribution in [3.05, 3.63) is 54.1 Å². The molecule has 0 aliphatic carbocycles. The van der Waals surface area contributed by atoms with Crippen molar-refractivity contribution in [3.8, 4) is 5.75 Å². The molecule has 0 aliphatic rings. The van der Waals surface area contributed by atoms with Gasteiger partial charge in [0.2, 0.25) is 5.91 Å². The van der Waals surface area contributed by atoms with Gasteiger partial charge in [0, 0.05) is 17.3 Å². The summed E-state index contributed by atoms with van der Waals surface area (Å²) in [5.41, 5.74) is 8.15. The van der Waals surface area contributed by atoms with Gasteiger partial charge in [0.15, 0.2) is 0 Å². The van der Waals surface area contributed by atoms with Gasteiger partial charge in [0.25, 0.3) is 0 Å². The van der Waals surface area contributed by atoms with E-state index < -0.39 is 0 Å². The predicted octanol–water partition coefficient (Wildman–Crippen LogP) is 3.62. The highest BCUT2D eigenvalue weighted by atomic mass is 16.5. The molecule has 0 radical (unpaired) electrons. The molecule has 0 saturated heterocycles. The van der Waals surface area contributed by atoms with Crippen LogP contribution in [0.25, 0.3) is 0 Å². The number of aryl methyl sites for hydroxylation is 1. The minimum atomic E-state index is -0.135. The molecule has 3 N–H and O–H groups in total. The first-order chi connectivity index (χ1) is 10.6. The Labute approximate surface area is 131 Å². The van der Waals surface area contributed by atoms with Gasteiger partial charge >= 0.3 is 0 Å². The Morgan fingerprint density at radius 1 is 1.23 bits per heavy atom. The van der Waals surface area contributed by atoms with Gasteiger partial charge in [-0.2, -0.15) is 0 Å². The number of carbonyl (C=O) groups excluding carboxylic acids is 1. The highest BCUT2D eigenvalue weighted by Crippen LogP contribution is 2.19. The van der Waals surface area contributed by atoms with Crippen molar-refractivity contribution in [2.75, 3.05) is 17.7 Å². The maximum absolute atomic E-state index is 12.2. The molecular formula is C18H22N2O2. The second-order valence-corrected chi connectivity index (χ2v) is 5.41. The molecule has 0 spiro atoms. The fraction of sp³-hybridized carbons (Fsp3) is 0.278. The number of nitrogens with one attached hydrogen (secondary N) is 1. The van der Waals surface area contributed by atoms with Crippen LogP contribution >= 0.6 is 0 Å². The summed E-state index contributed by atoms with van der Waals surface area (Å²) in [7, 11) is 0. The molecular weight excluding hydrogens is 276 g/mol. The Bertz CT molecular complexity index is 626. The summed E-state index contributed by atoms with van der Waals surface area (Å²) < 4.78 is 5.62. The number of benzene rings is 2. The molecule has 1 atom stereocenters. The molecule has 0 aliphatic heterocycles. The van der Waals surface area contributed by atoms with Gasteiger partial charge in [-0.05, 0) is 43.2 Å². The SMILES string of the molecule is Cc1ccc(N)cc1NC(=O)C(C)CCOc1ccccc1. The normalized spacial score (nSPS) is 11.7. The number of ether oxygens (including phenoxy) is 1. The third kappa shape index (κ3) is 4.52. The summed E-state index contributed by atoms with van der Waals surface area (Å²) in [6.45, 7) is 4.35. The van der Waals surface area contributed by atoms with Crippen molar-refractivity contribution >= 4 is 17.3 Å². The Morgan fingerprint density at radius 3 is 2.68 bits per heavy atom. The van der Waals surface area contributed by atoms with Crippen LogP contribution in [0.5, 0.6) is 5.75 Å². The highest BCUT2D eigenvalue weighted by Gasteiger charge is 2.14. The van der Waals surface area contributed by atoms with Crippen LogP contribution in [-0.4, -0.2) is 12.5 Å². The number of carbonyl (C=O) groups is 1. The van der Waals surface area contributed by atoms with Crippen LogP contribution in [0.15, 0.2) is 48.5 Å². The second-order valence-electron chi connectivity index (χ2n) is 5.41. The van der Waals surface area contributed by atoms with E-state index in [2.05, 4.69) is 5.32 Å². The first-order valence-corrected chi connectivity index (χ1v) is 7.41. The van der Waals surface area contributed by atoms with E-state index in [0.29, 0.717) is 18.7 Å². The largest absolute Gasteiger partial charge is 0.494 e. The standard InChI is InChI=1S/C18H22N2O2/c1-13-8-9-15(19)12-17(13)20-18(21)14(2)10-11-22-16-6-4-3-5-7-16/h3-9,12,14H,10-11,19H2,1-2H3,(H,20,21). The highest BCUT2D eigenvalue weighted by molar-refractivity contribution is 5.93. The van der Waals surface area contributed by atoms with Crippen molar-refractivity contribution in [1.82, 2.24) is 0 Å². The molecule has 0 heterocycles. The first-order valence-electron chi connectivity index (χ1n) is 7.41. The zero-order chi connectivity index (χ0) is 15.9. The average Bonchev–Trinajstić information content (AvgIpc) is 2.52. The summed E-state index contributed by atoms with van der Waals surface area (Å²) >= 11 is 0. The van der Waals surface area contributed by atoms with E-state index in [1.54, 1.807) is 6.07 Å². The molecule has 2 rings (SSSR count). The summed E-state index contributed by atoms with van der Waals surface area (Å²) in [6.07, 6.45) is 0.655. The minimum Gasteiger partial charge on any atom is -0.494 e. The maximum Gasteiger partial charge on any atom is 0.227 e. The molecule has 0 bridgehead atoms. The third-order valence-corrected chi connectivity index (χ3v) is 3.53. The Balaban J connectivity index is 1.83.